The highest BCUT2D eigenvalue weighted by atomic mass is 16.3. The molecule has 5 heteroatoms. The van der Waals surface area contributed by atoms with Crippen LogP contribution in [0.4, 0.5) is 5.82 Å². The first-order valence-electron chi connectivity index (χ1n) is 8.99. The Morgan fingerprint density at radius 1 is 1.21 bits per heavy atom. The molecule has 5 rings (SSSR count). The maximum atomic E-state index is 9.86. The smallest absolute Gasteiger partial charge is 0.180 e. The number of pyridine rings is 1. The van der Waals surface area contributed by atoms with E-state index in [1.54, 1.807) is 6.20 Å². The lowest BCUT2D eigenvalue weighted by molar-refractivity contribution is 0.196. The average Bonchev–Trinajstić information content (AvgIpc) is 2.98. The molecule has 0 bridgehead atoms. The van der Waals surface area contributed by atoms with E-state index in [2.05, 4.69) is 10.3 Å². The van der Waals surface area contributed by atoms with Gasteiger partial charge in [-0.15, -0.1) is 0 Å². The monoisotopic (exact) mass is 322 g/mol. The van der Waals surface area contributed by atoms with Crippen LogP contribution in [0.1, 0.15) is 36.9 Å². The van der Waals surface area contributed by atoms with E-state index in [0.29, 0.717) is 17.8 Å². The molecule has 3 atom stereocenters. The molecule has 0 saturated heterocycles. The second-order valence-corrected chi connectivity index (χ2v) is 7.46. The van der Waals surface area contributed by atoms with Gasteiger partial charge < -0.3 is 10.4 Å². The lowest BCUT2D eigenvalue weighted by Gasteiger charge is -2.24. The van der Waals surface area contributed by atoms with E-state index in [0.717, 1.165) is 49.3 Å². The van der Waals surface area contributed by atoms with Crippen LogP contribution in [-0.2, 0) is 12.8 Å². The number of nitrogens with one attached hydrogen (secondary N) is 1. The highest BCUT2D eigenvalue weighted by Gasteiger charge is 2.62. The van der Waals surface area contributed by atoms with E-state index in [1.165, 1.54) is 12.0 Å². The van der Waals surface area contributed by atoms with Crippen LogP contribution >= 0.6 is 0 Å². The molecule has 0 aliphatic heterocycles. The Hall–Kier alpha value is -2.01. The van der Waals surface area contributed by atoms with Crippen molar-refractivity contribution in [1.29, 1.82) is 0 Å². The summed E-state index contributed by atoms with van der Waals surface area (Å²) in [4.78, 5) is 14.0. The SMILES string of the molecule is OCC12CC1CCC2Nc1nc(-c2ccccn2)nc2c1CCC2. The number of aliphatic hydroxyl groups excluding tert-OH is 1. The molecule has 2 fully saturated rings. The summed E-state index contributed by atoms with van der Waals surface area (Å²) in [6.07, 6.45) is 8.49. The van der Waals surface area contributed by atoms with E-state index in [1.807, 2.05) is 18.2 Å². The number of fused-ring (bicyclic) bond motifs is 2. The minimum absolute atomic E-state index is 0.0988. The van der Waals surface area contributed by atoms with Gasteiger partial charge in [-0.3, -0.25) is 4.98 Å². The van der Waals surface area contributed by atoms with Gasteiger partial charge in [-0.1, -0.05) is 6.07 Å². The Labute approximate surface area is 141 Å². The largest absolute Gasteiger partial charge is 0.396 e. The van der Waals surface area contributed by atoms with Crippen molar-refractivity contribution in [2.24, 2.45) is 11.3 Å². The first-order chi connectivity index (χ1) is 11.8. The number of nitrogens with zero attached hydrogens (tertiary/aromatic N) is 3. The molecule has 0 aromatic carbocycles. The van der Waals surface area contributed by atoms with Crippen molar-refractivity contribution in [2.45, 2.75) is 44.6 Å². The van der Waals surface area contributed by atoms with E-state index >= 15 is 0 Å². The molecule has 124 valence electrons. The summed E-state index contributed by atoms with van der Waals surface area (Å²) in [5.74, 6) is 2.39. The molecule has 24 heavy (non-hydrogen) atoms. The Morgan fingerprint density at radius 2 is 2.17 bits per heavy atom. The van der Waals surface area contributed by atoms with Crippen LogP contribution in [-0.4, -0.2) is 32.7 Å². The fourth-order valence-corrected chi connectivity index (χ4v) is 4.72. The van der Waals surface area contributed by atoms with Crippen LogP contribution in [0.25, 0.3) is 11.5 Å². The number of hydrogen-bond donors (Lipinski definition) is 2. The zero-order valence-electron chi connectivity index (χ0n) is 13.7. The molecule has 2 aromatic rings. The third-order valence-electron chi connectivity index (χ3n) is 6.21. The van der Waals surface area contributed by atoms with Gasteiger partial charge in [-0.2, -0.15) is 0 Å². The van der Waals surface area contributed by atoms with E-state index < -0.39 is 0 Å². The number of hydrogen-bond acceptors (Lipinski definition) is 5. The quantitative estimate of drug-likeness (QED) is 0.905. The van der Waals surface area contributed by atoms with Gasteiger partial charge in [-0.25, -0.2) is 9.97 Å². The summed E-state index contributed by atoms with van der Waals surface area (Å²) in [6.45, 7) is 0.287. The minimum atomic E-state index is 0.0988. The Kier molecular flexibility index (Phi) is 3.13. The molecule has 2 heterocycles. The van der Waals surface area contributed by atoms with Gasteiger partial charge in [0.1, 0.15) is 11.5 Å². The average molecular weight is 322 g/mol. The van der Waals surface area contributed by atoms with Crippen LogP contribution < -0.4 is 5.32 Å². The topological polar surface area (TPSA) is 70.9 Å². The number of rotatable bonds is 4. The van der Waals surface area contributed by atoms with Gasteiger partial charge >= 0.3 is 0 Å². The summed E-state index contributed by atoms with van der Waals surface area (Å²) in [7, 11) is 0. The third-order valence-corrected chi connectivity index (χ3v) is 6.21. The molecule has 3 aliphatic rings. The number of anilines is 1. The second-order valence-electron chi connectivity index (χ2n) is 7.46. The summed E-state index contributed by atoms with van der Waals surface area (Å²) >= 11 is 0. The molecule has 2 saturated carbocycles. The van der Waals surface area contributed by atoms with Crippen molar-refractivity contribution in [3.8, 4) is 11.5 Å². The zero-order valence-corrected chi connectivity index (χ0v) is 13.7. The minimum Gasteiger partial charge on any atom is -0.396 e. The molecular formula is C19H22N4O. The molecule has 3 aliphatic carbocycles. The number of aryl methyl sites for hydroxylation is 1. The summed E-state index contributed by atoms with van der Waals surface area (Å²) in [5, 5.41) is 13.6. The highest BCUT2D eigenvalue weighted by molar-refractivity contribution is 5.58. The lowest BCUT2D eigenvalue weighted by atomic mass is 9.98. The Balaban J connectivity index is 1.52. The van der Waals surface area contributed by atoms with Crippen LogP contribution in [0.15, 0.2) is 24.4 Å². The predicted octanol–water partition coefficient (Wildman–Crippen LogP) is 2.60. The number of aliphatic hydroxyl groups is 1. The fourth-order valence-electron chi connectivity index (χ4n) is 4.72. The molecule has 5 nitrogen and oxygen atoms in total. The molecule has 0 radical (unpaired) electrons. The first-order valence-corrected chi connectivity index (χ1v) is 8.99. The normalized spacial score (nSPS) is 30.0. The summed E-state index contributed by atoms with van der Waals surface area (Å²) in [6, 6.07) is 6.18. The van der Waals surface area contributed by atoms with Gasteiger partial charge in [-0.05, 0) is 56.6 Å². The highest BCUT2D eigenvalue weighted by Crippen LogP contribution is 2.63. The number of aromatic nitrogens is 3. The second kappa shape index (κ2) is 5.24. The van der Waals surface area contributed by atoms with Crippen molar-refractivity contribution in [3.63, 3.8) is 0 Å². The van der Waals surface area contributed by atoms with Crippen LogP contribution in [0.3, 0.4) is 0 Å². The zero-order chi connectivity index (χ0) is 16.1. The predicted molar refractivity (Wildman–Crippen MR) is 91.6 cm³/mol. The van der Waals surface area contributed by atoms with Crippen LogP contribution in [0.2, 0.25) is 0 Å². The van der Waals surface area contributed by atoms with Crippen molar-refractivity contribution in [3.05, 3.63) is 35.7 Å². The van der Waals surface area contributed by atoms with E-state index in [9.17, 15) is 5.11 Å². The molecule has 2 N–H and O–H groups in total. The third kappa shape index (κ3) is 2.07. The van der Waals surface area contributed by atoms with Crippen LogP contribution in [0.5, 0.6) is 0 Å². The first kappa shape index (κ1) is 14.3. The van der Waals surface area contributed by atoms with Gasteiger partial charge in [0.05, 0.1) is 6.61 Å². The van der Waals surface area contributed by atoms with Crippen LogP contribution in [0, 0.1) is 11.3 Å². The molecular weight excluding hydrogens is 300 g/mol. The Bertz CT molecular complexity index is 774. The molecule has 3 unspecified atom stereocenters. The van der Waals surface area contributed by atoms with Crippen molar-refractivity contribution in [2.75, 3.05) is 11.9 Å². The maximum absolute atomic E-state index is 9.86. The van der Waals surface area contributed by atoms with Crippen molar-refractivity contribution < 1.29 is 5.11 Å². The molecule has 2 aromatic heterocycles. The lowest BCUT2D eigenvalue weighted by Crippen LogP contribution is -2.31. The molecule has 0 spiro atoms. The molecule has 0 amide bonds. The van der Waals surface area contributed by atoms with Crippen molar-refractivity contribution in [1.82, 2.24) is 15.0 Å². The van der Waals surface area contributed by atoms with E-state index in [4.69, 9.17) is 9.97 Å². The summed E-state index contributed by atoms with van der Waals surface area (Å²) in [5.41, 5.74) is 3.35. The maximum Gasteiger partial charge on any atom is 0.180 e. The Morgan fingerprint density at radius 3 is 2.96 bits per heavy atom. The van der Waals surface area contributed by atoms with Gasteiger partial charge in [0.2, 0.25) is 0 Å². The van der Waals surface area contributed by atoms with Gasteiger partial charge in [0.15, 0.2) is 5.82 Å². The van der Waals surface area contributed by atoms with Gasteiger partial charge in [0, 0.05) is 28.9 Å². The van der Waals surface area contributed by atoms with E-state index in [-0.39, 0.29) is 12.0 Å². The van der Waals surface area contributed by atoms with Gasteiger partial charge in [0.25, 0.3) is 0 Å². The fraction of sp³-hybridized carbons (Fsp3) is 0.526. The van der Waals surface area contributed by atoms with Crippen molar-refractivity contribution >= 4 is 5.82 Å². The summed E-state index contributed by atoms with van der Waals surface area (Å²) < 4.78 is 0. The standard InChI is InChI=1S/C19H22N4O/c24-11-19-10-12(19)7-8-16(19)22-17-13-4-3-6-14(13)21-18(23-17)15-5-1-2-9-20-15/h1-2,5,9,12,16,24H,3-4,6-8,10-11H2,(H,21,22,23).